The van der Waals surface area contributed by atoms with E-state index in [1.165, 1.54) is 54.8 Å². The van der Waals surface area contributed by atoms with Gasteiger partial charge in [-0.15, -0.1) is 0 Å². The molecule has 0 fully saturated rings. The predicted octanol–water partition coefficient (Wildman–Crippen LogP) is 9.63. The third kappa shape index (κ3) is 3.28. The molecule has 1 aliphatic rings. The van der Waals surface area contributed by atoms with Gasteiger partial charge in [-0.25, -0.2) is 9.97 Å². The Bertz CT molecular complexity index is 2320. The number of nitrogens with zero attached hydrogens (tertiary/aromatic N) is 3. The van der Waals surface area contributed by atoms with Crippen LogP contribution in [0.3, 0.4) is 0 Å². The smallest absolute Gasteiger partial charge is 0.159 e. The van der Waals surface area contributed by atoms with Gasteiger partial charge in [0.2, 0.25) is 0 Å². The second kappa shape index (κ2) is 8.98. The van der Waals surface area contributed by atoms with Crippen molar-refractivity contribution in [2.24, 2.45) is 0 Å². The van der Waals surface area contributed by atoms with E-state index >= 15 is 0 Å². The molecule has 0 saturated heterocycles. The second-order valence-electron chi connectivity index (χ2n) is 11.0. The third-order valence-corrected chi connectivity index (χ3v) is 8.70. The fourth-order valence-corrected chi connectivity index (χ4v) is 6.92. The summed E-state index contributed by atoms with van der Waals surface area (Å²) in [5.41, 5.74) is 10.5. The Kier molecular flexibility index (Phi) is 4.96. The quantitative estimate of drug-likeness (QED) is 0.211. The molecule has 0 atom stereocenters. The lowest BCUT2D eigenvalue weighted by Crippen LogP contribution is -2.04. The Morgan fingerprint density at radius 3 is 1.81 bits per heavy atom. The molecule has 2 heterocycles. The standard InChI is InChI=1S/C39H25N3/c1-3-13-25(14-4-1)37-35(24-40-39(41-37)26-15-5-2-6-16-26)42-34-22-12-11-20-30(34)33-23-32-29-19-8-7-17-27(29)28-18-9-10-21-31(28)36(32)38(33)42/h1-22,24H,23H2. The van der Waals surface area contributed by atoms with Crippen LogP contribution in [0.4, 0.5) is 0 Å². The summed E-state index contributed by atoms with van der Waals surface area (Å²) < 4.78 is 2.43. The average molecular weight is 536 g/mol. The molecule has 3 heteroatoms. The van der Waals surface area contributed by atoms with E-state index in [1.54, 1.807) is 0 Å². The third-order valence-electron chi connectivity index (χ3n) is 8.70. The van der Waals surface area contributed by atoms with Crippen LogP contribution >= 0.6 is 0 Å². The molecule has 42 heavy (non-hydrogen) atoms. The van der Waals surface area contributed by atoms with Gasteiger partial charge in [0.15, 0.2) is 5.82 Å². The highest BCUT2D eigenvalue weighted by Gasteiger charge is 2.32. The minimum absolute atomic E-state index is 0.725. The molecule has 0 radical (unpaired) electrons. The van der Waals surface area contributed by atoms with Gasteiger partial charge in [-0.05, 0) is 38.7 Å². The van der Waals surface area contributed by atoms with E-state index in [2.05, 4.69) is 120 Å². The summed E-state index contributed by atoms with van der Waals surface area (Å²) in [6.45, 7) is 0. The van der Waals surface area contributed by atoms with Crippen molar-refractivity contribution in [3.05, 3.63) is 151 Å². The van der Waals surface area contributed by atoms with E-state index in [0.29, 0.717) is 0 Å². The summed E-state index contributed by atoms with van der Waals surface area (Å²) >= 11 is 0. The van der Waals surface area contributed by atoms with Crippen molar-refractivity contribution >= 4 is 32.4 Å². The molecule has 0 bridgehead atoms. The molecule has 0 amide bonds. The normalized spacial score (nSPS) is 12.2. The number of aromatic nitrogens is 3. The summed E-state index contributed by atoms with van der Waals surface area (Å²) in [5.74, 6) is 0.725. The maximum Gasteiger partial charge on any atom is 0.159 e. The lowest BCUT2D eigenvalue weighted by atomic mass is 9.92. The van der Waals surface area contributed by atoms with E-state index in [9.17, 15) is 0 Å². The summed E-state index contributed by atoms with van der Waals surface area (Å²) in [7, 11) is 0. The highest BCUT2D eigenvalue weighted by atomic mass is 15.0. The molecule has 0 spiro atoms. The molecule has 0 N–H and O–H groups in total. The Morgan fingerprint density at radius 1 is 0.500 bits per heavy atom. The highest BCUT2D eigenvalue weighted by Crippen LogP contribution is 2.50. The molecule has 0 aliphatic heterocycles. The number of rotatable bonds is 3. The second-order valence-corrected chi connectivity index (χ2v) is 11.0. The van der Waals surface area contributed by atoms with Crippen LogP contribution in [-0.4, -0.2) is 14.5 Å². The minimum atomic E-state index is 0.725. The van der Waals surface area contributed by atoms with Gasteiger partial charge in [0.05, 0.1) is 28.8 Å². The number of benzene rings is 6. The van der Waals surface area contributed by atoms with Gasteiger partial charge in [-0.1, -0.05) is 127 Å². The van der Waals surface area contributed by atoms with E-state index < -0.39 is 0 Å². The monoisotopic (exact) mass is 535 g/mol. The van der Waals surface area contributed by atoms with E-state index in [1.807, 2.05) is 24.4 Å². The van der Waals surface area contributed by atoms with Crippen LogP contribution in [0.15, 0.2) is 140 Å². The first-order valence-electron chi connectivity index (χ1n) is 14.4. The van der Waals surface area contributed by atoms with Gasteiger partial charge in [-0.3, -0.25) is 0 Å². The van der Waals surface area contributed by atoms with Gasteiger partial charge < -0.3 is 4.57 Å². The van der Waals surface area contributed by atoms with Crippen LogP contribution in [0.1, 0.15) is 11.1 Å². The molecule has 8 aromatic rings. The van der Waals surface area contributed by atoms with Crippen molar-refractivity contribution in [2.75, 3.05) is 0 Å². The topological polar surface area (TPSA) is 30.7 Å². The maximum absolute atomic E-state index is 5.24. The SMILES string of the molecule is c1ccc(-c2ncc(-n3c4c(c5ccccc53)Cc3c-4c4ccccc4c4ccccc34)c(-c3ccccc3)n2)cc1. The Labute approximate surface area is 243 Å². The molecular weight excluding hydrogens is 510 g/mol. The van der Waals surface area contributed by atoms with E-state index in [-0.39, 0.29) is 0 Å². The van der Waals surface area contributed by atoms with Crippen molar-refractivity contribution in [1.29, 1.82) is 0 Å². The lowest BCUT2D eigenvalue weighted by molar-refractivity contribution is 1.06. The Balaban J connectivity index is 1.42. The average Bonchev–Trinajstić information content (AvgIpc) is 3.61. The van der Waals surface area contributed by atoms with Gasteiger partial charge in [0.25, 0.3) is 0 Å². The predicted molar refractivity (Wildman–Crippen MR) is 173 cm³/mol. The highest BCUT2D eigenvalue weighted by molar-refractivity contribution is 6.18. The first kappa shape index (κ1) is 23.2. The zero-order chi connectivity index (χ0) is 27.6. The van der Waals surface area contributed by atoms with Crippen LogP contribution in [0.2, 0.25) is 0 Å². The Hall–Kier alpha value is -5.54. The molecule has 1 aliphatic carbocycles. The largest absolute Gasteiger partial charge is 0.305 e. The minimum Gasteiger partial charge on any atom is -0.305 e. The van der Waals surface area contributed by atoms with Crippen molar-refractivity contribution in [2.45, 2.75) is 6.42 Å². The number of hydrogen-bond donors (Lipinski definition) is 0. The molecule has 6 aromatic carbocycles. The van der Waals surface area contributed by atoms with Crippen LogP contribution in [0, 0.1) is 0 Å². The summed E-state index contributed by atoms with van der Waals surface area (Å²) in [6.07, 6.45) is 2.92. The molecule has 2 aromatic heterocycles. The maximum atomic E-state index is 5.24. The summed E-state index contributed by atoms with van der Waals surface area (Å²) in [6, 6.07) is 47.2. The number of para-hydroxylation sites is 1. The van der Waals surface area contributed by atoms with Gasteiger partial charge in [-0.2, -0.15) is 0 Å². The molecule has 0 saturated carbocycles. The number of hydrogen-bond acceptors (Lipinski definition) is 2. The van der Waals surface area contributed by atoms with Crippen LogP contribution in [0.25, 0.3) is 72.0 Å². The van der Waals surface area contributed by atoms with Crippen LogP contribution in [0.5, 0.6) is 0 Å². The van der Waals surface area contributed by atoms with Gasteiger partial charge in [0, 0.05) is 28.5 Å². The molecule has 9 rings (SSSR count). The first-order chi connectivity index (χ1) is 20.9. The van der Waals surface area contributed by atoms with Crippen molar-refractivity contribution in [3.63, 3.8) is 0 Å². The van der Waals surface area contributed by atoms with Crippen LogP contribution in [-0.2, 0) is 6.42 Å². The molecule has 3 nitrogen and oxygen atoms in total. The number of fused-ring (bicyclic) bond motifs is 10. The van der Waals surface area contributed by atoms with E-state index in [0.717, 1.165) is 34.8 Å². The molecule has 196 valence electrons. The summed E-state index contributed by atoms with van der Waals surface area (Å²) in [5, 5.41) is 6.50. The van der Waals surface area contributed by atoms with Crippen molar-refractivity contribution < 1.29 is 0 Å². The summed E-state index contributed by atoms with van der Waals surface area (Å²) in [4.78, 5) is 10.2. The van der Waals surface area contributed by atoms with E-state index in [4.69, 9.17) is 9.97 Å². The van der Waals surface area contributed by atoms with Gasteiger partial charge in [0.1, 0.15) is 0 Å². The van der Waals surface area contributed by atoms with Crippen LogP contribution < -0.4 is 0 Å². The lowest BCUT2D eigenvalue weighted by Gasteiger charge is -2.18. The Morgan fingerprint density at radius 2 is 1.07 bits per heavy atom. The zero-order valence-electron chi connectivity index (χ0n) is 22.8. The molecule has 0 unspecified atom stereocenters. The fourth-order valence-electron chi connectivity index (χ4n) is 6.92. The molecular formula is C39H25N3. The zero-order valence-corrected chi connectivity index (χ0v) is 22.8. The fraction of sp³-hybridized carbons (Fsp3) is 0.0256. The van der Waals surface area contributed by atoms with Crippen molar-refractivity contribution in [1.82, 2.24) is 14.5 Å². The van der Waals surface area contributed by atoms with Gasteiger partial charge >= 0.3 is 0 Å². The van der Waals surface area contributed by atoms with Crippen molar-refractivity contribution in [3.8, 4) is 39.6 Å². The first-order valence-corrected chi connectivity index (χ1v) is 14.4.